The van der Waals surface area contributed by atoms with Crippen LogP contribution in [0, 0.1) is 0 Å². The maximum Gasteiger partial charge on any atom is 0.191 e. The standard InChI is InChI=1S/C21H43N5O.HI/c1-4-22-20(23-13-7-10-18-27-5-2)24-19-21(11-16-25(3)17-12-21)26-14-8-6-9-15-26;/h4-19H2,1-3H3,(H2,22,23,24);1H. The lowest BCUT2D eigenvalue weighted by Crippen LogP contribution is -2.58. The molecular formula is C21H44IN5O. The van der Waals surface area contributed by atoms with Crippen LogP contribution in [0.25, 0.3) is 0 Å². The Bertz CT molecular complexity index is 421. The maximum absolute atomic E-state index is 5.42. The van der Waals surface area contributed by atoms with Gasteiger partial charge in [-0.25, -0.2) is 0 Å². The lowest BCUT2D eigenvalue weighted by molar-refractivity contribution is 0.0208. The van der Waals surface area contributed by atoms with Gasteiger partial charge in [-0.15, -0.1) is 24.0 Å². The molecular weight excluding hydrogens is 465 g/mol. The molecule has 0 aromatic rings. The summed E-state index contributed by atoms with van der Waals surface area (Å²) in [6.07, 6.45) is 8.78. The number of nitrogens with zero attached hydrogens (tertiary/aromatic N) is 3. The van der Waals surface area contributed by atoms with Crippen LogP contribution in [-0.4, -0.2) is 87.4 Å². The molecule has 7 heteroatoms. The second kappa shape index (κ2) is 14.8. The average Bonchev–Trinajstić information content (AvgIpc) is 2.71. The van der Waals surface area contributed by atoms with Gasteiger partial charge in [-0.2, -0.15) is 0 Å². The number of halogens is 1. The normalized spacial score (nSPS) is 21.2. The van der Waals surface area contributed by atoms with Crippen molar-refractivity contribution in [3.63, 3.8) is 0 Å². The highest BCUT2D eigenvalue weighted by Gasteiger charge is 2.39. The van der Waals surface area contributed by atoms with E-state index in [1.165, 1.54) is 58.3 Å². The lowest BCUT2D eigenvalue weighted by atomic mass is 9.84. The van der Waals surface area contributed by atoms with Crippen molar-refractivity contribution in [1.82, 2.24) is 20.4 Å². The predicted molar refractivity (Wildman–Crippen MR) is 130 cm³/mol. The zero-order valence-electron chi connectivity index (χ0n) is 18.5. The molecule has 0 radical (unpaired) electrons. The first-order valence-corrected chi connectivity index (χ1v) is 11.2. The number of rotatable bonds is 10. The topological polar surface area (TPSA) is 52.1 Å². The fourth-order valence-electron chi connectivity index (χ4n) is 4.23. The van der Waals surface area contributed by atoms with Gasteiger partial charge in [0.2, 0.25) is 0 Å². The summed E-state index contributed by atoms with van der Waals surface area (Å²) in [5.74, 6) is 0.976. The second-order valence-electron chi connectivity index (χ2n) is 8.10. The third-order valence-electron chi connectivity index (χ3n) is 6.03. The van der Waals surface area contributed by atoms with Crippen LogP contribution in [-0.2, 0) is 4.74 Å². The molecule has 0 atom stereocenters. The molecule has 0 spiro atoms. The summed E-state index contributed by atoms with van der Waals surface area (Å²) in [6, 6.07) is 0. The molecule has 6 nitrogen and oxygen atoms in total. The molecule has 0 unspecified atom stereocenters. The number of nitrogens with one attached hydrogen (secondary N) is 2. The highest BCUT2D eigenvalue weighted by molar-refractivity contribution is 14.0. The van der Waals surface area contributed by atoms with Crippen molar-refractivity contribution in [2.75, 3.05) is 66.1 Å². The number of guanidine groups is 1. The number of aliphatic imine (C=N–C) groups is 1. The van der Waals surface area contributed by atoms with Crippen molar-refractivity contribution >= 4 is 29.9 Å². The third kappa shape index (κ3) is 8.71. The highest BCUT2D eigenvalue weighted by Crippen LogP contribution is 2.31. The van der Waals surface area contributed by atoms with E-state index in [2.05, 4.69) is 41.3 Å². The van der Waals surface area contributed by atoms with Crippen LogP contribution >= 0.6 is 24.0 Å². The van der Waals surface area contributed by atoms with Crippen molar-refractivity contribution in [2.45, 2.75) is 64.3 Å². The largest absolute Gasteiger partial charge is 0.382 e. The summed E-state index contributed by atoms with van der Waals surface area (Å²) >= 11 is 0. The second-order valence-corrected chi connectivity index (χ2v) is 8.10. The number of piperidine rings is 2. The molecule has 2 fully saturated rings. The third-order valence-corrected chi connectivity index (χ3v) is 6.03. The Morgan fingerprint density at radius 3 is 2.36 bits per heavy atom. The van der Waals surface area contributed by atoms with Gasteiger partial charge < -0.3 is 20.3 Å². The molecule has 2 heterocycles. The van der Waals surface area contributed by atoms with Crippen molar-refractivity contribution in [3.8, 4) is 0 Å². The van der Waals surface area contributed by atoms with Crippen LogP contribution in [0.5, 0.6) is 0 Å². The molecule has 0 amide bonds. The molecule has 2 aliphatic rings. The van der Waals surface area contributed by atoms with Crippen LogP contribution in [0.1, 0.15) is 58.8 Å². The van der Waals surface area contributed by atoms with Crippen molar-refractivity contribution in [1.29, 1.82) is 0 Å². The van der Waals surface area contributed by atoms with Crippen LogP contribution in [0.15, 0.2) is 4.99 Å². The van der Waals surface area contributed by atoms with Gasteiger partial charge in [0.05, 0.1) is 6.54 Å². The van der Waals surface area contributed by atoms with Gasteiger partial charge in [-0.3, -0.25) is 9.89 Å². The highest BCUT2D eigenvalue weighted by atomic mass is 127. The fourth-order valence-corrected chi connectivity index (χ4v) is 4.23. The monoisotopic (exact) mass is 509 g/mol. The number of likely N-dealkylation sites (tertiary alicyclic amines) is 2. The van der Waals surface area contributed by atoms with Gasteiger partial charge >= 0.3 is 0 Å². The Morgan fingerprint density at radius 1 is 1.00 bits per heavy atom. The first-order chi connectivity index (χ1) is 13.2. The molecule has 0 aliphatic carbocycles. The summed E-state index contributed by atoms with van der Waals surface area (Å²) in [6.45, 7) is 13.5. The number of unbranched alkanes of at least 4 members (excludes halogenated alkanes) is 1. The summed E-state index contributed by atoms with van der Waals surface area (Å²) in [7, 11) is 2.25. The van der Waals surface area contributed by atoms with Gasteiger partial charge in [-0.05, 0) is 85.6 Å². The van der Waals surface area contributed by atoms with Gasteiger partial charge in [0.1, 0.15) is 0 Å². The zero-order valence-corrected chi connectivity index (χ0v) is 20.8. The summed E-state index contributed by atoms with van der Waals surface area (Å²) < 4.78 is 5.42. The zero-order chi connectivity index (χ0) is 19.4. The van der Waals surface area contributed by atoms with Gasteiger partial charge in [0.15, 0.2) is 5.96 Å². The number of hydrogen-bond donors (Lipinski definition) is 2. The molecule has 0 bridgehead atoms. The Balaban J connectivity index is 0.00000392. The smallest absolute Gasteiger partial charge is 0.191 e. The Hall–Kier alpha value is -0.120. The van der Waals surface area contributed by atoms with E-state index in [0.29, 0.717) is 0 Å². The molecule has 28 heavy (non-hydrogen) atoms. The first-order valence-electron chi connectivity index (χ1n) is 11.2. The molecule has 0 aromatic heterocycles. The van der Waals surface area contributed by atoms with Gasteiger partial charge in [0, 0.05) is 31.8 Å². The Morgan fingerprint density at radius 2 is 1.71 bits per heavy atom. The van der Waals surface area contributed by atoms with Crippen LogP contribution in [0.3, 0.4) is 0 Å². The minimum absolute atomic E-state index is 0. The molecule has 2 N–H and O–H groups in total. The quantitative estimate of drug-likeness (QED) is 0.205. The van der Waals surface area contributed by atoms with Crippen LogP contribution in [0.4, 0.5) is 0 Å². The van der Waals surface area contributed by atoms with E-state index < -0.39 is 0 Å². The van der Waals surface area contributed by atoms with Crippen LogP contribution < -0.4 is 10.6 Å². The van der Waals surface area contributed by atoms with E-state index in [1.54, 1.807) is 0 Å². The number of ether oxygens (including phenoxy) is 1. The summed E-state index contributed by atoms with van der Waals surface area (Å²) in [5, 5.41) is 6.95. The summed E-state index contributed by atoms with van der Waals surface area (Å²) in [4.78, 5) is 10.3. The van der Waals surface area contributed by atoms with Crippen molar-refractivity contribution in [3.05, 3.63) is 0 Å². The molecule has 0 saturated carbocycles. The average molecular weight is 510 g/mol. The van der Waals surface area contributed by atoms with E-state index in [9.17, 15) is 0 Å². The van der Waals surface area contributed by atoms with Gasteiger partial charge in [-0.1, -0.05) is 6.42 Å². The SMILES string of the molecule is CCNC(=NCC1(N2CCCCC2)CCN(C)CC1)NCCCCOCC.I. The van der Waals surface area contributed by atoms with E-state index >= 15 is 0 Å². The number of hydrogen-bond acceptors (Lipinski definition) is 4. The lowest BCUT2D eigenvalue weighted by Gasteiger charge is -2.49. The molecule has 0 aromatic carbocycles. The van der Waals surface area contributed by atoms with E-state index in [4.69, 9.17) is 9.73 Å². The van der Waals surface area contributed by atoms with E-state index in [-0.39, 0.29) is 29.5 Å². The molecule has 2 rings (SSSR count). The fraction of sp³-hybridized carbons (Fsp3) is 0.952. The first kappa shape index (κ1) is 25.9. The van der Waals surface area contributed by atoms with Crippen molar-refractivity contribution < 1.29 is 4.74 Å². The Kier molecular flexibility index (Phi) is 13.7. The van der Waals surface area contributed by atoms with Gasteiger partial charge in [0.25, 0.3) is 0 Å². The summed E-state index contributed by atoms with van der Waals surface area (Å²) in [5.41, 5.74) is 0.254. The van der Waals surface area contributed by atoms with Crippen LogP contribution in [0.2, 0.25) is 0 Å². The molecule has 2 saturated heterocycles. The molecule has 2 aliphatic heterocycles. The maximum atomic E-state index is 5.42. The van der Waals surface area contributed by atoms with E-state index in [1.807, 2.05) is 0 Å². The minimum Gasteiger partial charge on any atom is -0.382 e. The molecule has 166 valence electrons. The Labute approximate surface area is 190 Å². The minimum atomic E-state index is 0. The van der Waals surface area contributed by atoms with E-state index in [0.717, 1.165) is 51.6 Å². The predicted octanol–water partition coefficient (Wildman–Crippen LogP) is 2.93. The van der Waals surface area contributed by atoms with Crippen molar-refractivity contribution in [2.24, 2.45) is 4.99 Å².